The Morgan fingerprint density at radius 3 is 2.13 bits per heavy atom. The van der Waals surface area contributed by atoms with E-state index in [1.54, 1.807) is 30.3 Å². The van der Waals surface area contributed by atoms with Gasteiger partial charge in [0.2, 0.25) is 15.9 Å². The van der Waals surface area contributed by atoms with Crippen molar-refractivity contribution in [2.24, 2.45) is 0 Å². The third-order valence-electron chi connectivity index (χ3n) is 3.00. The maximum Gasteiger partial charge on any atom is 0.240 e. The minimum Gasteiger partial charge on any atom is -0.326 e. The number of hydrogen-bond acceptors (Lipinski definition) is 4. The largest absolute Gasteiger partial charge is 0.326 e. The Bertz CT molecular complexity index is 800. The van der Waals surface area contributed by atoms with Gasteiger partial charge < -0.3 is 5.32 Å². The highest BCUT2D eigenvalue weighted by atomic mass is 32.2. The molecular weight excluding hydrogens is 316 g/mol. The van der Waals surface area contributed by atoms with Gasteiger partial charge in [-0.1, -0.05) is 30.3 Å². The van der Waals surface area contributed by atoms with Gasteiger partial charge in [-0.3, -0.25) is 9.59 Å². The monoisotopic (exact) mass is 332 g/mol. The molecule has 0 fully saturated rings. The Morgan fingerprint density at radius 2 is 1.57 bits per heavy atom. The van der Waals surface area contributed by atoms with Gasteiger partial charge in [-0.15, -0.1) is 0 Å². The lowest BCUT2D eigenvalue weighted by Gasteiger charge is -2.07. The number of carbonyl (C=O) groups is 2. The average molecular weight is 332 g/mol. The van der Waals surface area contributed by atoms with E-state index in [1.807, 2.05) is 0 Å². The van der Waals surface area contributed by atoms with Crippen LogP contribution >= 0.6 is 0 Å². The van der Waals surface area contributed by atoms with Crippen LogP contribution in [0.25, 0.3) is 0 Å². The highest BCUT2D eigenvalue weighted by molar-refractivity contribution is 7.89. The lowest BCUT2D eigenvalue weighted by Crippen LogP contribution is -2.29. The van der Waals surface area contributed by atoms with Crippen molar-refractivity contribution in [3.8, 4) is 0 Å². The molecule has 23 heavy (non-hydrogen) atoms. The molecule has 6 nitrogen and oxygen atoms in total. The van der Waals surface area contributed by atoms with Gasteiger partial charge in [0.1, 0.15) is 0 Å². The number of amides is 1. The Morgan fingerprint density at radius 1 is 0.957 bits per heavy atom. The molecule has 0 aromatic heterocycles. The second kappa shape index (κ2) is 7.17. The van der Waals surface area contributed by atoms with Crippen LogP contribution in [0.5, 0.6) is 0 Å². The molecule has 7 heteroatoms. The van der Waals surface area contributed by atoms with E-state index in [9.17, 15) is 18.0 Å². The van der Waals surface area contributed by atoms with E-state index in [2.05, 4.69) is 10.0 Å². The van der Waals surface area contributed by atoms with Crippen LogP contribution < -0.4 is 10.0 Å². The molecular formula is C16H16N2O4S. The summed E-state index contributed by atoms with van der Waals surface area (Å²) in [5, 5.41) is 2.55. The fraction of sp³-hybridized carbons (Fsp3) is 0.125. The Labute approximate surface area is 134 Å². The van der Waals surface area contributed by atoms with Crippen LogP contribution in [0.15, 0.2) is 59.5 Å². The Balaban J connectivity index is 2.04. The van der Waals surface area contributed by atoms with Gasteiger partial charge in [-0.05, 0) is 24.3 Å². The highest BCUT2D eigenvalue weighted by Crippen LogP contribution is 2.14. The molecule has 0 atom stereocenters. The van der Waals surface area contributed by atoms with Crippen LogP contribution in [0.1, 0.15) is 17.3 Å². The minimum absolute atomic E-state index is 0.0208. The molecule has 0 aliphatic rings. The first-order chi connectivity index (χ1) is 10.9. The lowest BCUT2D eigenvalue weighted by atomic mass is 10.1. The van der Waals surface area contributed by atoms with Crippen molar-refractivity contribution in [3.05, 3.63) is 60.2 Å². The number of rotatable bonds is 6. The first-order valence-electron chi connectivity index (χ1n) is 6.84. The lowest BCUT2D eigenvalue weighted by molar-refractivity contribution is -0.114. The van der Waals surface area contributed by atoms with Gasteiger partial charge in [0.05, 0.1) is 11.4 Å². The summed E-state index contributed by atoms with van der Waals surface area (Å²) < 4.78 is 26.6. The Kier molecular flexibility index (Phi) is 5.25. The van der Waals surface area contributed by atoms with Crippen molar-refractivity contribution in [1.82, 2.24) is 4.72 Å². The van der Waals surface area contributed by atoms with Crippen LogP contribution in [0, 0.1) is 0 Å². The first-order valence-corrected chi connectivity index (χ1v) is 8.32. The van der Waals surface area contributed by atoms with Gasteiger partial charge >= 0.3 is 0 Å². The van der Waals surface area contributed by atoms with Crippen molar-refractivity contribution in [2.75, 3.05) is 11.9 Å². The number of nitrogens with one attached hydrogen (secondary N) is 2. The second-order valence-electron chi connectivity index (χ2n) is 4.82. The molecule has 0 bridgehead atoms. The SMILES string of the molecule is CC(=O)Nc1ccc(S(=O)(=O)NCC(=O)c2ccccc2)cc1. The molecule has 0 aliphatic carbocycles. The number of ketones is 1. The van der Waals surface area contributed by atoms with Gasteiger partial charge in [0.25, 0.3) is 0 Å². The second-order valence-corrected chi connectivity index (χ2v) is 6.59. The van der Waals surface area contributed by atoms with E-state index in [-0.39, 0.29) is 23.1 Å². The molecule has 1 amide bonds. The van der Waals surface area contributed by atoms with Crippen molar-refractivity contribution in [1.29, 1.82) is 0 Å². The summed E-state index contributed by atoms with van der Waals surface area (Å²) in [4.78, 5) is 22.9. The topological polar surface area (TPSA) is 92.3 Å². The quantitative estimate of drug-likeness (QED) is 0.789. The van der Waals surface area contributed by atoms with E-state index in [4.69, 9.17) is 0 Å². The summed E-state index contributed by atoms with van der Waals surface area (Å²) in [6.07, 6.45) is 0. The summed E-state index contributed by atoms with van der Waals surface area (Å²) in [5.41, 5.74) is 0.938. The molecule has 0 radical (unpaired) electrons. The van der Waals surface area contributed by atoms with Crippen LogP contribution in [-0.2, 0) is 14.8 Å². The van der Waals surface area contributed by atoms with Gasteiger partial charge in [-0.2, -0.15) is 0 Å². The number of Topliss-reactive ketones (excluding diaryl/α,β-unsaturated/α-hetero) is 1. The van der Waals surface area contributed by atoms with Gasteiger partial charge in [-0.25, -0.2) is 13.1 Å². The van der Waals surface area contributed by atoms with E-state index in [1.165, 1.54) is 31.2 Å². The summed E-state index contributed by atoms with van der Waals surface area (Å²) in [7, 11) is -3.79. The van der Waals surface area contributed by atoms with Gasteiger partial charge in [0.15, 0.2) is 5.78 Å². The first kappa shape index (κ1) is 16.9. The molecule has 0 heterocycles. The van der Waals surface area contributed by atoms with Gasteiger partial charge in [0, 0.05) is 18.2 Å². The Hall–Kier alpha value is -2.51. The summed E-state index contributed by atoms with van der Waals surface area (Å²) in [6.45, 7) is 1.04. The average Bonchev–Trinajstić information content (AvgIpc) is 2.53. The number of sulfonamides is 1. The predicted octanol–water partition coefficient (Wildman–Crippen LogP) is 1.81. The van der Waals surface area contributed by atoms with E-state index < -0.39 is 10.0 Å². The molecule has 2 N–H and O–H groups in total. The normalized spacial score (nSPS) is 11.0. The third-order valence-corrected chi connectivity index (χ3v) is 4.42. The molecule has 2 rings (SSSR count). The number of hydrogen-bond donors (Lipinski definition) is 2. The number of carbonyl (C=O) groups excluding carboxylic acids is 2. The fourth-order valence-electron chi connectivity index (χ4n) is 1.89. The van der Waals surface area contributed by atoms with E-state index >= 15 is 0 Å². The van der Waals surface area contributed by atoms with Crippen LogP contribution in [0.2, 0.25) is 0 Å². The zero-order chi connectivity index (χ0) is 16.9. The molecule has 0 unspecified atom stereocenters. The maximum absolute atomic E-state index is 12.2. The fourth-order valence-corrected chi connectivity index (χ4v) is 2.87. The minimum atomic E-state index is -3.79. The predicted molar refractivity (Wildman–Crippen MR) is 86.7 cm³/mol. The molecule has 0 aliphatic heterocycles. The number of anilines is 1. The number of benzene rings is 2. The van der Waals surface area contributed by atoms with Crippen LogP contribution in [0.3, 0.4) is 0 Å². The zero-order valence-electron chi connectivity index (χ0n) is 12.4. The summed E-state index contributed by atoms with van der Waals surface area (Å²) in [6, 6.07) is 14.1. The standard InChI is InChI=1S/C16H16N2O4S/c1-12(19)18-14-7-9-15(10-8-14)23(21,22)17-11-16(20)13-5-3-2-4-6-13/h2-10,17H,11H2,1H3,(H,18,19). The molecule has 2 aromatic carbocycles. The van der Waals surface area contributed by atoms with Crippen molar-refractivity contribution >= 4 is 27.4 Å². The molecule has 2 aromatic rings. The summed E-state index contributed by atoms with van der Waals surface area (Å²) in [5.74, 6) is -0.559. The highest BCUT2D eigenvalue weighted by Gasteiger charge is 2.16. The molecule has 0 saturated carbocycles. The van der Waals surface area contributed by atoms with Crippen molar-refractivity contribution < 1.29 is 18.0 Å². The smallest absolute Gasteiger partial charge is 0.240 e. The van der Waals surface area contributed by atoms with E-state index in [0.29, 0.717) is 11.3 Å². The van der Waals surface area contributed by atoms with Crippen molar-refractivity contribution in [2.45, 2.75) is 11.8 Å². The van der Waals surface area contributed by atoms with E-state index in [0.717, 1.165) is 0 Å². The van der Waals surface area contributed by atoms with Crippen molar-refractivity contribution in [3.63, 3.8) is 0 Å². The molecule has 0 saturated heterocycles. The molecule has 0 spiro atoms. The summed E-state index contributed by atoms with van der Waals surface area (Å²) >= 11 is 0. The third kappa shape index (κ3) is 4.73. The molecule has 120 valence electrons. The van der Waals surface area contributed by atoms with Crippen LogP contribution in [-0.4, -0.2) is 26.7 Å². The van der Waals surface area contributed by atoms with Crippen LogP contribution in [0.4, 0.5) is 5.69 Å². The zero-order valence-corrected chi connectivity index (χ0v) is 13.3. The maximum atomic E-state index is 12.2.